The molecule has 0 saturated carbocycles. The maximum absolute atomic E-state index is 2.34. The van der Waals surface area contributed by atoms with E-state index in [1.165, 1.54) is 24.2 Å². The molecule has 2 bridgehead atoms. The molecule has 0 aromatic heterocycles. The first-order valence-electron chi connectivity index (χ1n) is 6.17. The SMILES string of the molecule is CCCCP1[C@@H]2CCCC[C@H]1CC2. The Labute approximate surface area is 84.2 Å². The van der Waals surface area contributed by atoms with Crippen molar-refractivity contribution in [1.82, 2.24) is 0 Å². The maximum Gasteiger partial charge on any atom is -0.0206 e. The highest BCUT2D eigenvalue weighted by atomic mass is 31.1. The van der Waals surface area contributed by atoms with Crippen molar-refractivity contribution in [3.63, 3.8) is 0 Å². The Morgan fingerprint density at radius 3 is 2.15 bits per heavy atom. The maximum atomic E-state index is 2.34. The second-order valence-electron chi connectivity index (χ2n) is 4.76. The number of hydrogen-bond acceptors (Lipinski definition) is 0. The first-order chi connectivity index (χ1) is 6.42. The van der Waals surface area contributed by atoms with Gasteiger partial charge in [0.15, 0.2) is 0 Å². The molecule has 3 atom stereocenters. The molecule has 0 aliphatic carbocycles. The van der Waals surface area contributed by atoms with Gasteiger partial charge in [-0.1, -0.05) is 26.2 Å². The van der Waals surface area contributed by atoms with Gasteiger partial charge in [-0.2, -0.15) is 0 Å². The van der Waals surface area contributed by atoms with Crippen LogP contribution < -0.4 is 0 Å². The van der Waals surface area contributed by atoms with E-state index in [1.54, 1.807) is 44.7 Å². The van der Waals surface area contributed by atoms with Gasteiger partial charge in [0.1, 0.15) is 0 Å². The molecule has 0 nitrogen and oxygen atoms in total. The largest absolute Gasteiger partial charge is 0.100 e. The zero-order chi connectivity index (χ0) is 9.10. The molecule has 0 spiro atoms. The van der Waals surface area contributed by atoms with Gasteiger partial charge in [-0.15, -0.1) is 7.92 Å². The van der Waals surface area contributed by atoms with Crippen LogP contribution in [0, 0.1) is 0 Å². The van der Waals surface area contributed by atoms with Crippen molar-refractivity contribution in [2.45, 2.75) is 69.6 Å². The first kappa shape index (κ1) is 9.97. The molecule has 0 aromatic rings. The van der Waals surface area contributed by atoms with E-state index in [0.717, 1.165) is 0 Å². The molecule has 2 fully saturated rings. The minimum absolute atomic E-state index is 0.484. The lowest BCUT2D eigenvalue weighted by Crippen LogP contribution is -2.03. The third-order valence-corrected chi connectivity index (χ3v) is 7.61. The molecule has 13 heavy (non-hydrogen) atoms. The fourth-order valence-electron chi connectivity index (χ4n) is 3.10. The molecule has 76 valence electrons. The summed E-state index contributed by atoms with van der Waals surface area (Å²) in [5.41, 5.74) is 2.41. The van der Waals surface area contributed by atoms with Gasteiger partial charge >= 0.3 is 0 Å². The van der Waals surface area contributed by atoms with Crippen molar-refractivity contribution < 1.29 is 0 Å². The fraction of sp³-hybridized carbons (Fsp3) is 1.00. The van der Waals surface area contributed by atoms with Crippen molar-refractivity contribution >= 4 is 7.92 Å². The third kappa shape index (κ3) is 2.27. The third-order valence-electron chi connectivity index (χ3n) is 3.87. The number of hydrogen-bond donors (Lipinski definition) is 0. The van der Waals surface area contributed by atoms with Crippen LogP contribution >= 0.6 is 7.92 Å². The van der Waals surface area contributed by atoms with Crippen LogP contribution in [0.2, 0.25) is 0 Å². The van der Waals surface area contributed by atoms with Gasteiger partial charge in [-0.25, -0.2) is 0 Å². The Morgan fingerprint density at radius 1 is 1.00 bits per heavy atom. The zero-order valence-electron chi connectivity index (χ0n) is 8.97. The van der Waals surface area contributed by atoms with Crippen LogP contribution in [0.4, 0.5) is 0 Å². The van der Waals surface area contributed by atoms with E-state index >= 15 is 0 Å². The molecule has 1 unspecified atom stereocenters. The minimum Gasteiger partial charge on any atom is -0.100 e. The Morgan fingerprint density at radius 2 is 1.62 bits per heavy atom. The molecule has 0 radical (unpaired) electrons. The molecular formula is C12H23P. The molecule has 2 heterocycles. The summed E-state index contributed by atoms with van der Waals surface area (Å²) < 4.78 is 0. The molecule has 0 aromatic carbocycles. The number of unbranched alkanes of at least 4 members (excludes halogenated alkanes) is 1. The molecule has 2 aliphatic rings. The van der Waals surface area contributed by atoms with Crippen LogP contribution in [0.5, 0.6) is 0 Å². The van der Waals surface area contributed by atoms with Crippen LogP contribution in [0.15, 0.2) is 0 Å². The summed E-state index contributed by atoms with van der Waals surface area (Å²) in [4.78, 5) is 0. The Balaban J connectivity index is 1.91. The van der Waals surface area contributed by atoms with Crippen molar-refractivity contribution in [3.8, 4) is 0 Å². The van der Waals surface area contributed by atoms with Gasteiger partial charge in [-0.05, 0) is 49.6 Å². The standard InChI is InChI=1S/C12H23P/c1-2-3-10-13-11-6-4-5-7-12(13)9-8-11/h11-12H,2-10H2,1H3/t11-,12+,13?. The van der Waals surface area contributed by atoms with Crippen molar-refractivity contribution in [2.24, 2.45) is 0 Å². The van der Waals surface area contributed by atoms with E-state index in [1.807, 2.05) is 0 Å². The molecule has 2 rings (SSSR count). The number of fused-ring (bicyclic) bond motifs is 2. The smallest absolute Gasteiger partial charge is 0.0206 e. The van der Waals surface area contributed by atoms with E-state index in [4.69, 9.17) is 0 Å². The summed E-state index contributed by atoms with van der Waals surface area (Å²) in [6.07, 6.45) is 14.0. The summed E-state index contributed by atoms with van der Waals surface area (Å²) in [5, 5.41) is 0. The summed E-state index contributed by atoms with van der Waals surface area (Å²) >= 11 is 0. The van der Waals surface area contributed by atoms with Gasteiger partial charge in [0.2, 0.25) is 0 Å². The average Bonchev–Trinajstić information content (AvgIpc) is 2.36. The lowest BCUT2D eigenvalue weighted by atomic mass is 10.0. The zero-order valence-corrected chi connectivity index (χ0v) is 9.86. The highest BCUT2D eigenvalue weighted by Crippen LogP contribution is 2.60. The Hall–Kier alpha value is 0.430. The summed E-state index contributed by atoms with van der Waals surface area (Å²) in [6, 6.07) is 0. The molecular weight excluding hydrogens is 175 g/mol. The minimum atomic E-state index is 0.484. The van der Waals surface area contributed by atoms with E-state index in [2.05, 4.69) is 6.92 Å². The van der Waals surface area contributed by atoms with Crippen LogP contribution in [-0.2, 0) is 0 Å². The summed E-state index contributed by atoms with van der Waals surface area (Å²) in [6.45, 7) is 2.34. The quantitative estimate of drug-likeness (QED) is 0.590. The van der Waals surface area contributed by atoms with Crippen LogP contribution in [0.1, 0.15) is 58.3 Å². The molecule has 1 heteroatoms. The highest BCUT2D eigenvalue weighted by molar-refractivity contribution is 7.59. The first-order valence-corrected chi connectivity index (χ1v) is 7.84. The molecule has 2 aliphatic heterocycles. The van der Waals surface area contributed by atoms with Crippen LogP contribution in [-0.4, -0.2) is 17.5 Å². The lowest BCUT2D eigenvalue weighted by Gasteiger charge is -2.22. The Bertz CT molecular complexity index is 141. The predicted octanol–water partition coefficient (Wildman–Crippen LogP) is 4.37. The molecule has 2 saturated heterocycles. The molecule has 0 N–H and O–H groups in total. The van der Waals surface area contributed by atoms with E-state index < -0.39 is 0 Å². The van der Waals surface area contributed by atoms with E-state index in [9.17, 15) is 0 Å². The van der Waals surface area contributed by atoms with Crippen molar-refractivity contribution in [2.75, 3.05) is 6.16 Å². The van der Waals surface area contributed by atoms with E-state index in [-0.39, 0.29) is 0 Å². The fourth-order valence-corrected chi connectivity index (χ4v) is 7.10. The van der Waals surface area contributed by atoms with Gasteiger partial charge < -0.3 is 0 Å². The van der Waals surface area contributed by atoms with Crippen LogP contribution in [0.25, 0.3) is 0 Å². The van der Waals surface area contributed by atoms with Gasteiger partial charge in [0.25, 0.3) is 0 Å². The van der Waals surface area contributed by atoms with Gasteiger partial charge in [0, 0.05) is 0 Å². The number of rotatable bonds is 3. The summed E-state index contributed by atoms with van der Waals surface area (Å²) in [5.74, 6) is 0. The van der Waals surface area contributed by atoms with Gasteiger partial charge in [0.05, 0.1) is 0 Å². The van der Waals surface area contributed by atoms with Gasteiger partial charge in [-0.3, -0.25) is 0 Å². The second kappa shape index (κ2) is 4.78. The average molecular weight is 198 g/mol. The molecule has 0 amide bonds. The topological polar surface area (TPSA) is 0 Å². The monoisotopic (exact) mass is 198 g/mol. The second-order valence-corrected chi connectivity index (χ2v) is 7.70. The van der Waals surface area contributed by atoms with Crippen LogP contribution in [0.3, 0.4) is 0 Å². The summed E-state index contributed by atoms with van der Waals surface area (Å²) in [7, 11) is 0.484. The van der Waals surface area contributed by atoms with E-state index in [0.29, 0.717) is 7.92 Å². The highest BCUT2D eigenvalue weighted by Gasteiger charge is 2.35. The van der Waals surface area contributed by atoms with Crippen molar-refractivity contribution in [1.29, 1.82) is 0 Å². The predicted molar refractivity (Wildman–Crippen MR) is 62.0 cm³/mol. The lowest BCUT2D eigenvalue weighted by molar-refractivity contribution is 0.556. The Kier molecular flexibility index (Phi) is 3.66. The van der Waals surface area contributed by atoms with Crippen molar-refractivity contribution in [3.05, 3.63) is 0 Å². The normalized spacial score (nSPS) is 39.0.